The number of benzene rings is 1. The predicted octanol–water partition coefficient (Wildman–Crippen LogP) is 2.92. The molecule has 4 aromatic rings. The minimum atomic E-state index is -1.25. The molecule has 0 bridgehead atoms. The summed E-state index contributed by atoms with van der Waals surface area (Å²) in [7, 11) is 0. The van der Waals surface area contributed by atoms with Crippen LogP contribution in [-0.2, 0) is 10.2 Å². The Morgan fingerprint density at radius 1 is 1.08 bits per heavy atom. The summed E-state index contributed by atoms with van der Waals surface area (Å²) in [4.78, 5) is 48.1. The third-order valence-electron chi connectivity index (χ3n) is 8.57. The zero-order chi connectivity index (χ0) is 25.1. The minimum absolute atomic E-state index is 0.0555. The van der Waals surface area contributed by atoms with E-state index < -0.39 is 22.3 Å². The number of nitrogens with one attached hydrogen (secondary N) is 2. The van der Waals surface area contributed by atoms with Crippen molar-refractivity contribution < 1.29 is 9.18 Å². The number of hydrogen-bond acceptors (Lipinski definition) is 5. The summed E-state index contributed by atoms with van der Waals surface area (Å²) >= 11 is 0. The molecule has 8 rings (SSSR count). The zero-order valence-corrected chi connectivity index (χ0v) is 19.8. The lowest BCUT2D eigenvalue weighted by Crippen LogP contribution is -2.37. The van der Waals surface area contributed by atoms with E-state index in [1.54, 1.807) is 21.8 Å². The van der Waals surface area contributed by atoms with Crippen molar-refractivity contribution in [2.45, 2.75) is 55.0 Å². The van der Waals surface area contributed by atoms with Crippen LogP contribution in [0.3, 0.4) is 0 Å². The molecule has 186 valence electrons. The summed E-state index contributed by atoms with van der Waals surface area (Å²) in [6.07, 6.45) is 8.37. The molecule has 37 heavy (non-hydrogen) atoms. The normalized spacial score (nSPS) is 24.0. The van der Waals surface area contributed by atoms with Crippen LogP contribution in [0.25, 0.3) is 16.9 Å². The average Bonchev–Trinajstić information content (AvgIpc) is 3.81. The standard InChI is InChI=1S/C27H23FN6O3/c28-26(3-4-26)13-33-21-9-14(1-2-19(21)27(5-6-27)24(33)36)15-10-16(15)17-11-20(32-34-8-7-29-22(17)34)18-12-30-25(37)31-23(18)35/h1-2,7-9,11-12,15-16H,3-6,10,13H2,(H2,30,31,35,37)/t15-,16?/m1/s1. The Labute approximate surface area is 209 Å². The van der Waals surface area contributed by atoms with Gasteiger partial charge in [-0.05, 0) is 67.2 Å². The van der Waals surface area contributed by atoms with Crippen LogP contribution in [0, 0.1) is 0 Å². The van der Waals surface area contributed by atoms with Crippen LogP contribution in [0.5, 0.6) is 0 Å². The van der Waals surface area contributed by atoms with Crippen molar-refractivity contribution in [2.24, 2.45) is 0 Å². The van der Waals surface area contributed by atoms with Crippen molar-refractivity contribution in [3.05, 3.63) is 80.4 Å². The smallest absolute Gasteiger partial charge is 0.313 e. The van der Waals surface area contributed by atoms with E-state index in [-0.39, 0.29) is 29.9 Å². The van der Waals surface area contributed by atoms with Crippen LogP contribution >= 0.6 is 0 Å². The van der Waals surface area contributed by atoms with Crippen molar-refractivity contribution in [1.82, 2.24) is 24.6 Å². The second kappa shape index (κ2) is 6.81. The number of aromatic amines is 2. The third kappa shape index (κ3) is 3.04. The number of halogens is 1. The van der Waals surface area contributed by atoms with Crippen LogP contribution in [0.1, 0.15) is 60.6 Å². The fourth-order valence-corrected chi connectivity index (χ4v) is 6.09. The molecule has 3 aromatic heterocycles. The molecule has 2 N–H and O–H groups in total. The number of aromatic nitrogens is 5. The highest BCUT2D eigenvalue weighted by molar-refractivity contribution is 6.10. The number of carbonyl (C=O) groups is 1. The van der Waals surface area contributed by atoms with Gasteiger partial charge in [0.2, 0.25) is 5.91 Å². The number of carbonyl (C=O) groups excluding carboxylic acids is 1. The van der Waals surface area contributed by atoms with E-state index in [9.17, 15) is 18.8 Å². The molecule has 2 atom stereocenters. The van der Waals surface area contributed by atoms with Gasteiger partial charge in [-0.25, -0.2) is 18.7 Å². The van der Waals surface area contributed by atoms with E-state index in [1.807, 2.05) is 6.07 Å². The maximum absolute atomic E-state index is 14.7. The number of imidazole rings is 1. The minimum Gasteiger partial charge on any atom is -0.313 e. The van der Waals surface area contributed by atoms with Crippen molar-refractivity contribution >= 4 is 17.2 Å². The van der Waals surface area contributed by atoms with Gasteiger partial charge in [0.1, 0.15) is 5.67 Å². The van der Waals surface area contributed by atoms with Crippen LogP contribution in [-0.4, -0.2) is 42.7 Å². The number of amides is 1. The third-order valence-corrected chi connectivity index (χ3v) is 8.57. The number of H-pyrrole nitrogens is 2. The molecule has 10 heteroatoms. The molecule has 1 amide bonds. The van der Waals surface area contributed by atoms with E-state index >= 15 is 0 Å². The number of anilines is 1. The monoisotopic (exact) mass is 498 g/mol. The first-order valence-electron chi connectivity index (χ1n) is 12.7. The highest BCUT2D eigenvalue weighted by atomic mass is 19.1. The van der Waals surface area contributed by atoms with Crippen molar-refractivity contribution in [1.29, 1.82) is 0 Å². The SMILES string of the molecule is O=C1N(CC2(F)CC2)c2cc([C@H]3CC3c3cc(-c4c[nH]c(=O)[nH]c4=O)nn4ccnc34)ccc2C12CC2. The van der Waals surface area contributed by atoms with E-state index in [1.165, 1.54) is 6.20 Å². The summed E-state index contributed by atoms with van der Waals surface area (Å²) < 4.78 is 16.4. The molecule has 4 heterocycles. The highest BCUT2D eigenvalue weighted by Gasteiger charge is 2.61. The number of nitrogens with zero attached hydrogens (tertiary/aromatic N) is 4. The Morgan fingerprint density at radius 2 is 1.92 bits per heavy atom. The lowest BCUT2D eigenvalue weighted by molar-refractivity contribution is -0.120. The van der Waals surface area contributed by atoms with Crippen LogP contribution < -0.4 is 16.1 Å². The maximum atomic E-state index is 14.7. The van der Waals surface area contributed by atoms with E-state index in [2.05, 4.69) is 38.2 Å². The predicted molar refractivity (Wildman–Crippen MR) is 133 cm³/mol. The molecule has 1 spiro atoms. The fourth-order valence-electron chi connectivity index (χ4n) is 6.09. The first-order chi connectivity index (χ1) is 17.9. The second-order valence-electron chi connectivity index (χ2n) is 11.0. The maximum Gasteiger partial charge on any atom is 0.325 e. The van der Waals surface area contributed by atoms with Gasteiger partial charge in [-0.3, -0.25) is 14.6 Å². The molecular formula is C27H23FN6O3. The number of rotatable bonds is 5. The topological polar surface area (TPSA) is 116 Å². The van der Waals surface area contributed by atoms with Crippen LogP contribution in [0.15, 0.2) is 52.4 Å². The van der Waals surface area contributed by atoms with Gasteiger partial charge < -0.3 is 9.88 Å². The Hall–Kier alpha value is -4.08. The van der Waals surface area contributed by atoms with Gasteiger partial charge in [0.15, 0.2) is 5.65 Å². The number of alkyl halides is 1. The molecule has 1 unspecified atom stereocenters. The van der Waals surface area contributed by atoms with Gasteiger partial charge in [-0.1, -0.05) is 12.1 Å². The van der Waals surface area contributed by atoms with E-state index in [4.69, 9.17) is 0 Å². The Kier molecular flexibility index (Phi) is 3.88. The summed E-state index contributed by atoms with van der Waals surface area (Å²) in [5, 5.41) is 4.53. The quantitative estimate of drug-likeness (QED) is 0.439. The van der Waals surface area contributed by atoms with E-state index in [0.29, 0.717) is 18.5 Å². The molecule has 3 saturated carbocycles. The fraction of sp³-hybridized carbons (Fsp3) is 0.370. The summed E-state index contributed by atoms with van der Waals surface area (Å²) in [6.45, 7) is 0.147. The van der Waals surface area contributed by atoms with Crippen LogP contribution in [0.2, 0.25) is 0 Å². The molecule has 1 aliphatic heterocycles. The first kappa shape index (κ1) is 21.0. The van der Waals surface area contributed by atoms with Crippen LogP contribution in [0.4, 0.5) is 10.1 Å². The number of fused-ring (bicyclic) bond motifs is 3. The molecule has 9 nitrogen and oxygen atoms in total. The van der Waals surface area contributed by atoms with Crippen molar-refractivity contribution in [3.8, 4) is 11.3 Å². The second-order valence-corrected chi connectivity index (χ2v) is 11.0. The molecule has 3 fully saturated rings. The van der Waals surface area contributed by atoms with E-state index in [0.717, 1.165) is 47.3 Å². The number of hydrogen-bond donors (Lipinski definition) is 2. The molecular weight excluding hydrogens is 475 g/mol. The first-order valence-corrected chi connectivity index (χ1v) is 12.7. The largest absolute Gasteiger partial charge is 0.325 e. The lowest BCUT2D eigenvalue weighted by atomic mass is 9.95. The Balaban J connectivity index is 1.17. The molecule has 1 aromatic carbocycles. The molecule has 0 radical (unpaired) electrons. The summed E-state index contributed by atoms with van der Waals surface area (Å²) in [6, 6.07) is 8.15. The molecule has 4 aliphatic rings. The summed E-state index contributed by atoms with van der Waals surface area (Å²) in [5.41, 5.74) is 2.69. The Bertz CT molecular complexity index is 1760. The highest BCUT2D eigenvalue weighted by Crippen LogP contribution is 2.61. The van der Waals surface area contributed by atoms with Gasteiger partial charge in [0.05, 0.1) is 23.2 Å². The summed E-state index contributed by atoms with van der Waals surface area (Å²) in [5.74, 6) is 0.422. The van der Waals surface area contributed by atoms with Gasteiger partial charge in [0, 0.05) is 29.8 Å². The lowest BCUT2D eigenvalue weighted by Gasteiger charge is -2.20. The molecule has 0 saturated heterocycles. The van der Waals surface area contributed by atoms with Crippen molar-refractivity contribution in [3.63, 3.8) is 0 Å². The van der Waals surface area contributed by atoms with Gasteiger partial charge >= 0.3 is 5.69 Å². The zero-order valence-electron chi connectivity index (χ0n) is 19.8. The molecule has 3 aliphatic carbocycles. The van der Waals surface area contributed by atoms with Crippen molar-refractivity contribution in [2.75, 3.05) is 11.4 Å². The van der Waals surface area contributed by atoms with Gasteiger partial charge in [-0.15, -0.1) is 0 Å². The van der Waals surface area contributed by atoms with Gasteiger partial charge in [0.25, 0.3) is 5.56 Å². The Morgan fingerprint density at radius 3 is 2.68 bits per heavy atom. The van der Waals surface area contributed by atoms with Gasteiger partial charge in [-0.2, -0.15) is 5.10 Å². The average molecular weight is 499 g/mol.